The van der Waals surface area contributed by atoms with Crippen molar-refractivity contribution in [2.24, 2.45) is 0 Å². The largest absolute Gasteiger partial charge is 0.299 e. The molecule has 1 atom stereocenters. The average Bonchev–Trinajstić information content (AvgIpc) is 2.15. The normalized spacial score (nSPS) is 26.0. The van der Waals surface area contributed by atoms with E-state index in [0.717, 1.165) is 13.1 Å². The van der Waals surface area contributed by atoms with Crippen LogP contribution < -0.4 is 0 Å². The molecule has 0 spiro atoms. The minimum atomic E-state index is -0.203. The Bertz CT molecular complexity index is 121. The fraction of sp³-hybridized carbons (Fsp3) is 1.00. The maximum atomic E-state index is 11.9. The van der Waals surface area contributed by atoms with Crippen LogP contribution in [0.1, 0.15) is 25.7 Å². The summed E-state index contributed by atoms with van der Waals surface area (Å²) >= 11 is 5.82. The van der Waals surface area contributed by atoms with Crippen LogP contribution in [-0.2, 0) is 0 Å². The van der Waals surface area contributed by atoms with Gasteiger partial charge in [-0.2, -0.15) is 0 Å². The van der Waals surface area contributed by atoms with Gasteiger partial charge in [-0.1, -0.05) is 6.42 Å². The van der Waals surface area contributed by atoms with Gasteiger partial charge >= 0.3 is 0 Å². The Balaban J connectivity index is 2.26. The van der Waals surface area contributed by atoms with Gasteiger partial charge in [-0.3, -0.25) is 9.29 Å². The molecule has 12 heavy (non-hydrogen) atoms. The molecule has 0 aromatic carbocycles. The first-order chi connectivity index (χ1) is 5.88. The van der Waals surface area contributed by atoms with Crippen LogP contribution >= 0.6 is 11.6 Å². The molecular weight excluding hydrogens is 177 g/mol. The first-order valence-electron chi connectivity index (χ1n) is 4.74. The Morgan fingerprint density at radius 2 is 2.25 bits per heavy atom. The van der Waals surface area contributed by atoms with Crippen LogP contribution in [0.25, 0.3) is 0 Å². The molecule has 0 aromatic rings. The highest BCUT2D eigenvalue weighted by Crippen LogP contribution is 2.17. The van der Waals surface area contributed by atoms with E-state index in [9.17, 15) is 4.39 Å². The molecule has 1 aliphatic rings. The van der Waals surface area contributed by atoms with Gasteiger partial charge in [-0.15, -0.1) is 11.6 Å². The molecular formula is C9H17ClFN. The lowest BCUT2D eigenvalue weighted by atomic mass is 10.0. The van der Waals surface area contributed by atoms with E-state index in [-0.39, 0.29) is 6.67 Å². The molecule has 0 saturated carbocycles. The quantitative estimate of drug-likeness (QED) is 0.620. The summed E-state index contributed by atoms with van der Waals surface area (Å²) in [5, 5.41) is 0. The van der Waals surface area contributed by atoms with Gasteiger partial charge in [0, 0.05) is 18.5 Å². The summed E-state index contributed by atoms with van der Waals surface area (Å²) in [5.41, 5.74) is 0. The van der Waals surface area contributed by atoms with Gasteiger partial charge < -0.3 is 0 Å². The number of piperidine rings is 1. The molecule has 1 aliphatic heterocycles. The molecule has 3 heteroatoms. The summed E-state index contributed by atoms with van der Waals surface area (Å²) in [6.07, 6.45) is 4.38. The van der Waals surface area contributed by atoms with Gasteiger partial charge in [-0.05, 0) is 25.8 Å². The highest BCUT2D eigenvalue weighted by molar-refractivity contribution is 6.18. The molecule has 1 nitrogen and oxygen atoms in total. The SMILES string of the molecule is FCCCN1CCCCC1CCl. The van der Waals surface area contributed by atoms with Crippen molar-refractivity contribution in [2.75, 3.05) is 25.6 Å². The standard InChI is InChI=1S/C9H17ClFN/c10-8-9-4-1-2-6-12(9)7-3-5-11/h9H,1-8H2. The van der Waals surface area contributed by atoms with Crippen molar-refractivity contribution in [3.05, 3.63) is 0 Å². The number of alkyl halides is 2. The summed E-state index contributed by atoms with van der Waals surface area (Å²) in [6, 6.07) is 0.506. The summed E-state index contributed by atoms with van der Waals surface area (Å²) in [5.74, 6) is 0.701. The molecule has 0 N–H and O–H groups in total. The van der Waals surface area contributed by atoms with Crippen molar-refractivity contribution in [2.45, 2.75) is 31.7 Å². The van der Waals surface area contributed by atoms with Crippen molar-refractivity contribution in [1.29, 1.82) is 0 Å². The van der Waals surface area contributed by atoms with Crippen LogP contribution in [-0.4, -0.2) is 36.6 Å². The minimum Gasteiger partial charge on any atom is -0.299 e. The lowest BCUT2D eigenvalue weighted by molar-refractivity contribution is 0.157. The molecule has 0 aromatic heterocycles. The third-order valence-electron chi connectivity index (χ3n) is 2.51. The number of hydrogen-bond acceptors (Lipinski definition) is 1. The fourth-order valence-electron chi connectivity index (χ4n) is 1.79. The highest BCUT2D eigenvalue weighted by atomic mass is 35.5. The highest BCUT2D eigenvalue weighted by Gasteiger charge is 2.20. The number of halogens is 2. The summed E-state index contributed by atoms with van der Waals surface area (Å²) < 4.78 is 11.9. The Kier molecular flexibility index (Phi) is 4.93. The van der Waals surface area contributed by atoms with E-state index in [0.29, 0.717) is 18.3 Å². The van der Waals surface area contributed by atoms with Gasteiger partial charge in [-0.25, -0.2) is 0 Å². The average molecular weight is 194 g/mol. The Morgan fingerprint density at radius 3 is 2.92 bits per heavy atom. The Morgan fingerprint density at radius 1 is 1.42 bits per heavy atom. The van der Waals surface area contributed by atoms with Crippen molar-refractivity contribution in [1.82, 2.24) is 4.90 Å². The van der Waals surface area contributed by atoms with E-state index >= 15 is 0 Å². The van der Waals surface area contributed by atoms with Crippen molar-refractivity contribution < 1.29 is 4.39 Å². The fourth-order valence-corrected chi connectivity index (χ4v) is 2.14. The van der Waals surface area contributed by atoms with Gasteiger partial charge in [0.05, 0.1) is 6.67 Å². The third kappa shape index (κ3) is 2.91. The molecule has 1 heterocycles. The van der Waals surface area contributed by atoms with Crippen LogP contribution in [0, 0.1) is 0 Å². The number of rotatable bonds is 4. The second kappa shape index (κ2) is 5.76. The second-order valence-electron chi connectivity index (χ2n) is 3.38. The van der Waals surface area contributed by atoms with E-state index in [2.05, 4.69) is 4.90 Å². The van der Waals surface area contributed by atoms with Crippen LogP contribution in [0.4, 0.5) is 4.39 Å². The van der Waals surface area contributed by atoms with Crippen LogP contribution in [0.15, 0.2) is 0 Å². The summed E-state index contributed by atoms with van der Waals surface area (Å²) in [4.78, 5) is 2.33. The van der Waals surface area contributed by atoms with Crippen LogP contribution in [0.3, 0.4) is 0 Å². The third-order valence-corrected chi connectivity index (χ3v) is 2.86. The molecule has 0 amide bonds. The van der Waals surface area contributed by atoms with E-state index in [1.54, 1.807) is 0 Å². The monoisotopic (exact) mass is 193 g/mol. The topological polar surface area (TPSA) is 3.24 Å². The summed E-state index contributed by atoms with van der Waals surface area (Å²) in [6.45, 7) is 1.79. The Labute approximate surface area is 78.9 Å². The van der Waals surface area contributed by atoms with E-state index in [1.807, 2.05) is 0 Å². The predicted molar refractivity (Wildman–Crippen MR) is 50.5 cm³/mol. The van der Waals surface area contributed by atoms with Crippen LogP contribution in [0.5, 0.6) is 0 Å². The van der Waals surface area contributed by atoms with Crippen molar-refractivity contribution in [3.8, 4) is 0 Å². The molecule has 1 unspecified atom stereocenters. The van der Waals surface area contributed by atoms with Crippen LogP contribution in [0.2, 0.25) is 0 Å². The van der Waals surface area contributed by atoms with E-state index < -0.39 is 0 Å². The molecule has 0 bridgehead atoms. The molecule has 1 saturated heterocycles. The first kappa shape index (κ1) is 10.3. The number of hydrogen-bond donors (Lipinski definition) is 0. The maximum absolute atomic E-state index is 11.9. The number of nitrogens with zero attached hydrogens (tertiary/aromatic N) is 1. The zero-order valence-electron chi connectivity index (χ0n) is 7.44. The summed E-state index contributed by atoms with van der Waals surface area (Å²) in [7, 11) is 0. The van der Waals surface area contributed by atoms with Gasteiger partial charge in [0.1, 0.15) is 0 Å². The van der Waals surface area contributed by atoms with Gasteiger partial charge in [0.15, 0.2) is 0 Å². The lowest BCUT2D eigenvalue weighted by Crippen LogP contribution is -2.41. The van der Waals surface area contributed by atoms with E-state index in [4.69, 9.17) is 11.6 Å². The van der Waals surface area contributed by atoms with Gasteiger partial charge in [0.25, 0.3) is 0 Å². The molecule has 1 rings (SSSR count). The van der Waals surface area contributed by atoms with Gasteiger partial charge in [0.2, 0.25) is 0 Å². The molecule has 1 fully saturated rings. The molecule has 0 radical (unpaired) electrons. The van der Waals surface area contributed by atoms with E-state index in [1.165, 1.54) is 19.3 Å². The minimum absolute atomic E-state index is 0.203. The Hall–Kier alpha value is 0.180. The lowest BCUT2D eigenvalue weighted by Gasteiger charge is -2.34. The smallest absolute Gasteiger partial charge is 0.0906 e. The van der Waals surface area contributed by atoms with Crippen molar-refractivity contribution >= 4 is 11.6 Å². The van der Waals surface area contributed by atoms with Crippen molar-refractivity contribution in [3.63, 3.8) is 0 Å². The second-order valence-corrected chi connectivity index (χ2v) is 3.69. The molecule has 0 aliphatic carbocycles. The maximum Gasteiger partial charge on any atom is 0.0906 e. The molecule has 72 valence electrons. The zero-order valence-corrected chi connectivity index (χ0v) is 8.19. The first-order valence-corrected chi connectivity index (χ1v) is 5.28. The zero-order chi connectivity index (χ0) is 8.81. The predicted octanol–water partition coefficient (Wildman–Crippen LogP) is 2.44. The number of likely N-dealkylation sites (tertiary alicyclic amines) is 1.